The van der Waals surface area contributed by atoms with E-state index in [1.807, 2.05) is 51.2 Å². The van der Waals surface area contributed by atoms with Gasteiger partial charge in [-0.2, -0.15) is 0 Å². The third-order valence-corrected chi connectivity index (χ3v) is 8.62. The summed E-state index contributed by atoms with van der Waals surface area (Å²) >= 11 is 0. The summed E-state index contributed by atoms with van der Waals surface area (Å²) in [7, 11) is 0. The SMILES string of the molecule is C=C/C=C\C(=C/C)c1nc(C(/C=C\C)=C/C=C)nc(-c2ccc(OCOC(=O)CC(=O)OCOc3ccc(-c4nc(C(/C=C\C)=C/C=C)nc(C(/C=C\C=C)=C/C=C)n4)c(O)c3)cc2O)n1.O. The molecule has 2 heterocycles. The van der Waals surface area contributed by atoms with Crippen LogP contribution in [0.1, 0.15) is 50.5 Å². The van der Waals surface area contributed by atoms with Crippen LogP contribution in [0.2, 0.25) is 0 Å². The van der Waals surface area contributed by atoms with Crippen LogP contribution >= 0.6 is 0 Å². The number of nitrogens with zero attached hydrogens (tertiary/aromatic N) is 6. The van der Waals surface area contributed by atoms with E-state index in [9.17, 15) is 19.8 Å². The maximum absolute atomic E-state index is 12.4. The van der Waals surface area contributed by atoms with E-state index in [0.29, 0.717) is 45.6 Å². The lowest BCUT2D eigenvalue weighted by Gasteiger charge is -2.12. The molecule has 0 saturated carbocycles. The molecule has 15 heteroatoms. The average molecular weight is 905 g/mol. The van der Waals surface area contributed by atoms with Gasteiger partial charge in [-0.15, -0.1) is 0 Å². The maximum Gasteiger partial charge on any atom is 0.320 e. The van der Waals surface area contributed by atoms with Crippen LogP contribution in [0.25, 0.3) is 45.1 Å². The normalized spacial score (nSPS) is 12.2. The van der Waals surface area contributed by atoms with Crippen LogP contribution in [0.4, 0.5) is 0 Å². The lowest BCUT2D eigenvalue weighted by Crippen LogP contribution is -2.18. The van der Waals surface area contributed by atoms with E-state index in [-0.39, 0.29) is 51.2 Å². The minimum Gasteiger partial charge on any atom is -0.507 e. The molecule has 2 aromatic carbocycles. The Kier molecular flexibility index (Phi) is 21.5. The van der Waals surface area contributed by atoms with Crippen LogP contribution in [-0.2, 0) is 19.1 Å². The van der Waals surface area contributed by atoms with E-state index < -0.39 is 31.9 Å². The highest BCUT2D eigenvalue weighted by molar-refractivity contribution is 5.91. The molecule has 0 saturated heterocycles. The van der Waals surface area contributed by atoms with Crippen molar-refractivity contribution in [2.24, 2.45) is 0 Å². The average Bonchev–Trinajstić information content (AvgIpc) is 3.30. The molecule has 4 rings (SSSR count). The molecule has 0 aliphatic rings. The standard InChI is InChI=1S/C52H50N6O8.H2O/c1-9-17-24-35(16-8)47-53-48(36(19-11-3)20-12-4)56-51(55-47)41-28-26-39(30-43(41)59)63-33-65-45(61)32-46(62)66-34-64-40-27-29-42(44(60)31-40)52-57-49(37(21-13-5)22-14-6)54-50(58-52)38(23-15-7)25-18-10-2;/h9-31,59-60H,1-3,5,7,32-34H2,4,6,8H3;1H2/b20-12-,22-14-,24-17-,25-18-,35-16+,36-19+,37-21+,38-23+;. The number of benzene rings is 2. The molecule has 344 valence electrons. The number of phenols is 2. The first-order valence-electron chi connectivity index (χ1n) is 20.3. The summed E-state index contributed by atoms with van der Waals surface area (Å²) in [6.45, 7) is 23.2. The van der Waals surface area contributed by atoms with E-state index in [1.165, 1.54) is 30.3 Å². The Balaban J connectivity index is 0.0000119. The summed E-state index contributed by atoms with van der Waals surface area (Å²) in [4.78, 5) is 52.7. The van der Waals surface area contributed by atoms with Gasteiger partial charge in [-0.1, -0.05) is 136 Å². The second-order valence-electron chi connectivity index (χ2n) is 13.2. The van der Waals surface area contributed by atoms with E-state index in [0.717, 1.165) is 0 Å². The molecule has 67 heavy (non-hydrogen) atoms. The molecule has 15 nitrogen and oxygen atoms in total. The highest BCUT2D eigenvalue weighted by atomic mass is 16.7. The highest BCUT2D eigenvalue weighted by Crippen LogP contribution is 2.34. The first-order chi connectivity index (χ1) is 32.0. The van der Waals surface area contributed by atoms with Gasteiger partial charge in [-0.25, -0.2) is 29.9 Å². The summed E-state index contributed by atoms with van der Waals surface area (Å²) in [6.07, 6.45) is 28.8. The first-order valence-corrected chi connectivity index (χ1v) is 20.3. The van der Waals surface area contributed by atoms with Crippen molar-refractivity contribution >= 4 is 34.2 Å². The number of aromatic nitrogens is 6. The van der Waals surface area contributed by atoms with Crippen LogP contribution in [0.3, 0.4) is 0 Å². The van der Waals surface area contributed by atoms with E-state index in [2.05, 4.69) is 62.8 Å². The van der Waals surface area contributed by atoms with Crippen LogP contribution in [0.5, 0.6) is 23.0 Å². The molecule has 0 unspecified atom stereocenters. The number of hydrogen-bond acceptors (Lipinski definition) is 14. The molecule has 4 N–H and O–H groups in total. The smallest absolute Gasteiger partial charge is 0.320 e. The van der Waals surface area contributed by atoms with Crippen molar-refractivity contribution < 1.29 is 44.2 Å². The Bertz CT molecular complexity index is 2720. The number of carbonyl (C=O) groups excluding carboxylic acids is 2. The van der Waals surface area contributed by atoms with Gasteiger partial charge in [0.15, 0.2) is 34.9 Å². The van der Waals surface area contributed by atoms with Gasteiger partial charge in [-0.3, -0.25) is 9.59 Å². The van der Waals surface area contributed by atoms with E-state index in [4.69, 9.17) is 18.9 Å². The van der Waals surface area contributed by atoms with Gasteiger partial charge < -0.3 is 34.6 Å². The van der Waals surface area contributed by atoms with Gasteiger partial charge in [-0.05, 0) is 45.0 Å². The second kappa shape index (κ2) is 27.4. The summed E-state index contributed by atoms with van der Waals surface area (Å²) in [6, 6.07) is 8.75. The first kappa shape index (κ1) is 52.5. The van der Waals surface area contributed by atoms with Crippen LogP contribution in [-0.4, -0.2) is 71.1 Å². The molecule has 0 amide bonds. The van der Waals surface area contributed by atoms with Crippen molar-refractivity contribution in [3.8, 4) is 45.8 Å². The Morgan fingerprint density at radius 2 is 0.910 bits per heavy atom. The molecule has 2 aromatic heterocycles. The van der Waals surface area contributed by atoms with Crippen LogP contribution in [0.15, 0.2) is 173 Å². The summed E-state index contributed by atoms with van der Waals surface area (Å²) in [5.41, 5.74) is 3.19. The van der Waals surface area contributed by atoms with Gasteiger partial charge in [0.05, 0.1) is 11.1 Å². The van der Waals surface area contributed by atoms with Gasteiger partial charge in [0.2, 0.25) is 13.6 Å². The Labute approximate surface area is 389 Å². The van der Waals surface area contributed by atoms with Gasteiger partial charge >= 0.3 is 11.9 Å². The molecule has 0 bridgehead atoms. The molecule has 4 aromatic rings. The molecule has 0 atom stereocenters. The molecular formula is C52H52N6O9. The molecule has 0 spiro atoms. The number of rotatable bonds is 23. The fraction of sp³-hybridized carbons (Fsp3) is 0.115. The topological polar surface area (TPSA) is 220 Å². The minimum absolute atomic E-state index is 0. The van der Waals surface area contributed by atoms with Gasteiger partial charge in [0.1, 0.15) is 29.4 Å². The number of ether oxygens (including phenoxy) is 4. The molecule has 0 radical (unpaired) electrons. The number of phenolic OH excluding ortho intramolecular Hbond substituents is 2. The Hall–Kier alpha value is -8.82. The van der Waals surface area contributed by atoms with Crippen molar-refractivity contribution in [3.63, 3.8) is 0 Å². The number of allylic oxidation sites excluding steroid dienone is 21. The summed E-state index contributed by atoms with van der Waals surface area (Å²) in [5, 5.41) is 22.1. The number of carbonyl (C=O) groups is 2. The minimum atomic E-state index is -0.941. The molecule has 0 aliphatic carbocycles. The highest BCUT2D eigenvalue weighted by Gasteiger charge is 2.19. The lowest BCUT2D eigenvalue weighted by molar-refractivity contribution is -0.161. The zero-order valence-corrected chi connectivity index (χ0v) is 37.5. The third kappa shape index (κ3) is 15.4. The number of esters is 2. The predicted octanol–water partition coefficient (Wildman–Crippen LogP) is 9.57. The lowest BCUT2D eigenvalue weighted by atomic mass is 10.1. The van der Waals surface area contributed by atoms with Crippen molar-refractivity contribution in [2.75, 3.05) is 13.6 Å². The van der Waals surface area contributed by atoms with Crippen LogP contribution < -0.4 is 9.47 Å². The molecular weight excluding hydrogens is 853 g/mol. The largest absolute Gasteiger partial charge is 0.507 e. The molecule has 0 fully saturated rings. The zero-order chi connectivity index (χ0) is 47.8. The molecule has 0 aliphatic heterocycles. The van der Waals surface area contributed by atoms with Crippen molar-refractivity contribution in [1.29, 1.82) is 0 Å². The van der Waals surface area contributed by atoms with Crippen molar-refractivity contribution in [3.05, 3.63) is 196 Å². The number of aromatic hydroxyl groups is 2. The fourth-order valence-corrected chi connectivity index (χ4v) is 5.63. The quantitative estimate of drug-likeness (QED) is 0.0306. The zero-order valence-electron chi connectivity index (χ0n) is 37.5. The van der Waals surface area contributed by atoms with Gasteiger partial charge in [0.25, 0.3) is 0 Å². The van der Waals surface area contributed by atoms with Crippen LogP contribution in [0, 0.1) is 0 Å². The third-order valence-electron chi connectivity index (χ3n) is 8.62. The fourth-order valence-electron chi connectivity index (χ4n) is 5.63. The Morgan fingerprint density at radius 1 is 0.537 bits per heavy atom. The summed E-state index contributed by atoms with van der Waals surface area (Å²) < 4.78 is 21.1. The van der Waals surface area contributed by atoms with E-state index in [1.54, 1.807) is 79.0 Å². The number of hydrogen-bond donors (Lipinski definition) is 2. The van der Waals surface area contributed by atoms with Crippen molar-refractivity contribution in [2.45, 2.75) is 27.2 Å². The monoisotopic (exact) mass is 904 g/mol. The maximum atomic E-state index is 12.4. The van der Waals surface area contributed by atoms with Crippen molar-refractivity contribution in [1.82, 2.24) is 29.9 Å². The predicted molar refractivity (Wildman–Crippen MR) is 262 cm³/mol. The van der Waals surface area contributed by atoms with E-state index >= 15 is 0 Å². The second-order valence-corrected chi connectivity index (χ2v) is 13.2. The van der Waals surface area contributed by atoms with Gasteiger partial charge in [0, 0.05) is 34.4 Å². The summed E-state index contributed by atoms with van der Waals surface area (Å²) in [5.74, 6) is -0.316. The Morgan fingerprint density at radius 3 is 1.25 bits per heavy atom.